The maximum absolute atomic E-state index is 12.6. The van der Waals surface area contributed by atoms with Crippen LogP contribution in [0.5, 0.6) is 0 Å². The molecule has 2 heterocycles. The van der Waals surface area contributed by atoms with Crippen molar-refractivity contribution in [3.63, 3.8) is 0 Å². The third-order valence-electron chi connectivity index (χ3n) is 6.99. The Kier molecular flexibility index (Phi) is 6.70. The highest BCUT2D eigenvalue weighted by atomic mass is 16.5. The van der Waals surface area contributed by atoms with Crippen molar-refractivity contribution in [1.29, 1.82) is 0 Å². The molecule has 35 heavy (non-hydrogen) atoms. The normalized spacial score (nSPS) is 25.0. The smallest absolute Gasteiger partial charge is 0.407 e. The van der Waals surface area contributed by atoms with Crippen molar-refractivity contribution in [2.45, 2.75) is 24.5 Å². The first-order chi connectivity index (χ1) is 17.0. The van der Waals surface area contributed by atoms with Crippen molar-refractivity contribution in [2.75, 3.05) is 33.0 Å². The molecular formula is C26H28N2O7. The number of alkyl carbamates (subject to hydrolysis) is 1. The fourth-order valence-corrected chi connectivity index (χ4v) is 5.12. The zero-order valence-electron chi connectivity index (χ0n) is 19.1. The summed E-state index contributed by atoms with van der Waals surface area (Å²) in [7, 11) is 0. The number of ether oxygens (including phenoxy) is 3. The Bertz CT molecular complexity index is 1070. The molecule has 1 aliphatic carbocycles. The molecule has 9 heteroatoms. The lowest BCUT2D eigenvalue weighted by Gasteiger charge is -2.18. The first-order valence-corrected chi connectivity index (χ1v) is 11.8. The molecule has 0 radical (unpaired) electrons. The van der Waals surface area contributed by atoms with Crippen LogP contribution in [0.3, 0.4) is 0 Å². The van der Waals surface area contributed by atoms with Crippen LogP contribution in [-0.4, -0.2) is 68.2 Å². The first kappa shape index (κ1) is 23.3. The van der Waals surface area contributed by atoms with E-state index in [9.17, 15) is 19.5 Å². The van der Waals surface area contributed by atoms with Crippen LogP contribution in [-0.2, 0) is 23.8 Å². The molecule has 3 aliphatic rings. The first-order valence-electron chi connectivity index (χ1n) is 11.8. The van der Waals surface area contributed by atoms with Crippen LogP contribution in [0.4, 0.5) is 4.79 Å². The zero-order valence-corrected chi connectivity index (χ0v) is 19.1. The van der Waals surface area contributed by atoms with E-state index in [1.54, 1.807) is 0 Å². The molecule has 5 rings (SSSR count). The molecule has 184 valence electrons. The van der Waals surface area contributed by atoms with Gasteiger partial charge in [0.05, 0.1) is 37.9 Å². The van der Waals surface area contributed by atoms with E-state index in [4.69, 9.17) is 14.2 Å². The Labute approximate surface area is 202 Å². The molecular weight excluding hydrogens is 452 g/mol. The lowest BCUT2D eigenvalue weighted by atomic mass is 9.98. The van der Waals surface area contributed by atoms with E-state index in [0.29, 0.717) is 6.42 Å². The lowest BCUT2D eigenvalue weighted by molar-refractivity contribution is -0.142. The Morgan fingerprint density at radius 2 is 1.66 bits per heavy atom. The predicted molar refractivity (Wildman–Crippen MR) is 125 cm³/mol. The number of rotatable bonds is 7. The zero-order chi connectivity index (χ0) is 24.4. The topological polar surface area (TPSA) is 123 Å². The molecule has 0 spiro atoms. The fraction of sp³-hybridized carbons (Fsp3) is 0.423. The van der Waals surface area contributed by atoms with Gasteiger partial charge < -0.3 is 30.0 Å². The summed E-state index contributed by atoms with van der Waals surface area (Å²) < 4.78 is 16.4. The van der Waals surface area contributed by atoms with Gasteiger partial charge in [-0.15, -0.1) is 0 Å². The molecule has 2 saturated heterocycles. The summed E-state index contributed by atoms with van der Waals surface area (Å²) in [5.74, 6) is -2.40. The number of hydrogen-bond donors (Lipinski definition) is 3. The molecule has 0 aromatic heterocycles. The predicted octanol–water partition coefficient (Wildman–Crippen LogP) is 2.15. The average Bonchev–Trinajstić information content (AvgIpc) is 3.59. The van der Waals surface area contributed by atoms with Crippen LogP contribution in [0.1, 0.15) is 23.5 Å². The second-order valence-electron chi connectivity index (χ2n) is 9.19. The summed E-state index contributed by atoms with van der Waals surface area (Å²) in [5, 5.41) is 14.7. The summed E-state index contributed by atoms with van der Waals surface area (Å²) in [6.45, 7) is 0.945. The van der Waals surface area contributed by atoms with Crippen LogP contribution in [0.2, 0.25) is 0 Å². The highest BCUT2D eigenvalue weighted by Gasteiger charge is 2.38. The lowest BCUT2D eigenvalue weighted by Crippen LogP contribution is -2.45. The SMILES string of the molecule is O=C(NCC1CC(C(=O)NC2COCC2C(=O)O)CO1)OCC1c2ccccc2-c2ccccc21. The second kappa shape index (κ2) is 10.1. The molecule has 0 saturated carbocycles. The minimum absolute atomic E-state index is 0.0156. The van der Waals surface area contributed by atoms with Gasteiger partial charge in [0.25, 0.3) is 0 Å². The number of benzene rings is 2. The van der Waals surface area contributed by atoms with E-state index in [1.165, 1.54) is 11.1 Å². The number of carboxylic acid groups (broad SMARTS) is 1. The van der Waals surface area contributed by atoms with Gasteiger partial charge in [0.15, 0.2) is 0 Å². The number of fused-ring (bicyclic) bond motifs is 3. The summed E-state index contributed by atoms with van der Waals surface area (Å²) in [6, 6.07) is 15.7. The summed E-state index contributed by atoms with van der Waals surface area (Å²) in [4.78, 5) is 36.2. The van der Waals surface area contributed by atoms with Crippen molar-refractivity contribution in [1.82, 2.24) is 10.6 Å². The van der Waals surface area contributed by atoms with Crippen LogP contribution in [0.15, 0.2) is 48.5 Å². The highest BCUT2D eigenvalue weighted by molar-refractivity contribution is 5.81. The number of hydrogen-bond acceptors (Lipinski definition) is 6. The third-order valence-corrected chi connectivity index (χ3v) is 6.99. The Hall–Kier alpha value is -3.43. The van der Waals surface area contributed by atoms with Crippen molar-refractivity contribution >= 4 is 18.0 Å². The van der Waals surface area contributed by atoms with Gasteiger partial charge in [-0.05, 0) is 28.7 Å². The molecule has 2 aliphatic heterocycles. The standard InChI is InChI=1S/C26H28N2O7/c29-24(28-23-14-33-12-22(23)25(30)31)15-9-16(34-11-15)10-27-26(32)35-13-21-19-7-3-1-5-17(19)18-6-2-4-8-20(18)21/h1-8,15-16,21-23H,9-14H2,(H,27,32)(H,28,29)(H,30,31). The number of carbonyl (C=O) groups excluding carboxylic acids is 2. The van der Waals surface area contributed by atoms with E-state index >= 15 is 0 Å². The Morgan fingerprint density at radius 1 is 0.971 bits per heavy atom. The molecule has 2 amide bonds. The molecule has 9 nitrogen and oxygen atoms in total. The molecule has 4 atom stereocenters. The van der Waals surface area contributed by atoms with E-state index in [0.717, 1.165) is 11.1 Å². The maximum atomic E-state index is 12.6. The largest absolute Gasteiger partial charge is 0.481 e. The number of carboxylic acids is 1. The maximum Gasteiger partial charge on any atom is 0.407 e. The van der Waals surface area contributed by atoms with Gasteiger partial charge in [0, 0.05) is 12.5 Å². The van der Waals surface area contributed by atoms with Gasteiger partial charge in [0.2, 0.25) is 5.91 Å². The van der Waals surface area contributed by atoms with Crippen molar-refractivity contribution in [3.05, 3.63) is 59.7 Å². The molecule has 2 aromatic rings. The van der Waals surface area contributed by atoms with Crippen LogP contribution >= 0.6 is 0 Å². The third kappa shape index (κ3) is 4.87. The van der Waals surface area contributed by atoms with E-state index in [1.807, 2.05) is 24.3 Å². The molecule has 2 fully saturated rings. The second-order valence-corrected chi connectivity index (χ2v) is 9.19. The average molecular weight is 481 g/mol. The Morgan fingerprint density at radius 3 is 2.34 bits per heavy atom. The number of amides is 2. The highest BCUT2D eigenvalue weighted by Crippen LogP contribution is 2.44. The summed E-state index contributed by atoms with van der Waals surface area (Å²) >= 11 is 0. The number of carbonyl (C=O) groups is 3. The molecule has 4 unspecified atom stereocenters. The van der Waals surface area contributed by atoms with Gasteiger partial charge in [-0.25, -0.2) is 4.79 Å². The van der Waals surface area contributed by atoms with Crippen molar-refractivity contribution < 1.29 is 33.7 Å². The minimum Gasteiger partial charge on any atom is -0.481 e. The molecule has 2 aromatic carbocycles. The Balaban J connectivity index is 1.08. The van der Waals surface area contributed by atoms with Gasteiger partial charge in [-0.3, -0.25) is 9.59 Å². The van der Waals surface area contributed by atoms with Gasteiger partial charge in [-0.1, -0.05) is 48.5 Å². The monoisotopic (exact) mass is 480 g/mol. The summed E-state index contributed by atoms with van der Waals surface area (Å²) in [5.41, 5.74) is 4.62. The van der Waals surface area contributed by atoms with E-state index in [-0.39, 0.29) is 50.9 Å². The number of aliphatic carboxylic acids is 1. The van der Waals surface area contributed by atoms with Crippen molar-refractivity contribution in [2.24, 2.45) is 11.8 Å². The molecule has 0 bridgehead atoms. The summed E-state index contributed by atoms with van der Waals surface area (Å²) in [6.07, 6.45) is -0.419. The molecule has 3 N–H and O–H groups in total. The van der Waals surface area contributed by atoms with Crippen LogP contribution in [0, 0.1) is 11.8 Å². The van der Waals surface area contributed by atoms with Gasteiger partial charge in [-0.2, -0.15) is 0 Å². The number of nitrogens with one attached hydrogen (secondary N) is 2. The van der Waals surface area contributed by atoms with Crippen LogP contribution in [0.25, 0.3) is 11.1 Å². The van der Waals surface area contributed by atoms with E-state index in [2.05, 4.69) is 34.9 Å². The van der Waals surface area contributed by atoms with Gasteiger partial charge >= 0.3 is 12.1 Å². The van der Waals surface area contributed by atoms with Crippen molar-refractivity contribution in [3.8, 4) is 11.1 Å². The van der Waals surface area contributed by atoms with Crippen LogP contribution < -0.4 is 10.6 Å². The minimum atomic E-state index is -0.986. The van der Waals surface area contributed by atoms with E-state index < -0.39 is 29.9 Å². The van der Waals surface area contributed by atoms with Gasteiger partial charge in [0.1, 0.15) is 12.5 Å². The quantitative estimate of drug-likeness (QED) is 0.555. The fourth-order valence-electron chi connectivity index (χ4n) is 5.12.